The fraction of sp³-hybridized carbons (Fsp3) is 1.00. The van der Waals surface area contributed by atoms with E-state index < -0.39 is 0 Å². The van der Waals surface area contributed by atoms with Crippen molar-refractivity contribution in [2.75, 3.05) is 0 Å². The minimum absolute atomic E-state index is 0.813. The Morgan fingerprint density at radius 2 is 1.65 bits per heavy atom. The molecular formula is C16H31N. The average Bonchev–Trinajstić information content (AvgIpc) is 2.28. The highest BCUT2D eigenvalue weighted by molar-refractivity contribution is 4.90. The van der Waals surface area contributed by atoms with E-state index in [1.165, 1.54) is 51.4 Å². The minimum atomic E-state index is 0.813. The molecule has 0 aromatic carbocycles. The Bertz CT molecular complexity index is 212. The van der Waals surface area contributed by atoms with Gasteiger partial charge in [0.25, 0.3) is 0 Å². The molecule has 17 heavy (non-hydrogen) atoms. The molecular weight excluding hydrogens is 206 g/mol. The third-order valence-electron chi connectivity index (χ3n) is 5.23. The molecule has 2 saturated carbocycles. The summed E-state index contributed by atoms with van der Waals surface area (Å²) in [6.07, 6.45) is 11.6. The second-order valence-corrected chi connectivity index (χ2v) is 6.75. The highest BCUT2D eigenvalue weighted by Crippen LogP contribution is 2.35. The van der Waals surface area contributed by atoms with E-state index in [9.17, 15) is 0 Å². The van der Waals surface area contributed by atoms with Gasteiger partial charge >= 0.3 is 0 Å². The molecule has 1 nitrogen and oxygen atoms in total. The molecule has 2 aliphatic rings. The molecule has 100 valence electrons. The van der Waals surface area contributed by atoms with E-state index in [1.807, 2.05) is 0 Å². The van der Waals surface area contributed by atoms with Gasteiger partial charge in [-0.05, 0) is 49.9 Å². The molecule has 0 spiro atoms. The van der Waals surface area contributed by atoms with Crippen LogP contribution >= 0.6 is 0 Å². The summed E-state index contributed by atoms with van der Waals surface area (Å²) >= 11 is 0. The van der Waals surface area contributed by atoms with Crippen LogP contribution in [0.2, 0.25) is 0 Å². The second kappa shape index (κ2) is 6.22. The molecule has 0 saturated heterocycles. The SMILES string of the molecule is CCC(NC1CC(C(C)C)C1)C1CCCCC1. The zero-order chi connectivity index (χ0) is 12.3. The van der Waals surface area contributed by atoms with Crippen molar-refractivity contribution in [3.05, 3.63) is 0 Å². The lowest BCUT2D eigenvalue weighted by atomic mass is 9.72. The molecule has 1 atom stereocenters. The topological polar surface area (TPSA) is 12.0 Å². The first-order chi connectivity index (χ1) is 8.20. The van der Waals surface area contributed by atoms with Crippen molar-refractivity contribution in [1.29, 1.82) is 0 Å². The summed E-state index contributed by atoms with van der Waals surface area (Å²) in [6, 6.07) is 1.66. The Morgan fingerprint density at radius 1 is 1.00 bits per heavy atom. The summed E-state index contributed by atoms with van der Waals surface area (Å²) < 4.78 is 0. The van der Waals surface area contributed by atoms with Crippen LogP contribution < -0.4 is 5.32 Å². The number of nitrogens with one attached hydrogen (secondary N) is 1. The molecule has 0 amide bonds. The predicted molar refractivity (Wildman–Crippen MR) is 75.1 cm³/mol. The smallest absolute Gasteiger partial charge is 0.00952 e. The van der Waals surface area contributed by atoms with Gasteiger partial charge in [0, 0.05) is 12.1 Å². The van der Waals surface area contributed by atoms with E-state index in [0.717, 1.165) is 29.8 Å². The fourth-order valence-electron chi connectivity index (χ4n) is 3.77. The van der Waals surface area contributed by atoms with E-state index >= 15 is 0 Å². The van der Waals surface area contributed by atoms with Crippen LogP contribution in [0.1, 0.15) is 72.1 Å². The lowest BCUT2D eigenvalue weighted by molar-refractivity contribution is 0.135. The molecule has 2 fully saturated rings. The largest absolute Gasteiger partial charge is 0.311 e. The van der Waals surface area contributed by atoms with Crippen molar-refractivity contribution in [1.82, 2.24) is 5.32 Å². The van der Waals surface area contributed by atoms with Gasteiger partial charge in [0.1, 0.15) is 0 Å². The average molecular weight is 237 g/mol. The maximum absolute atomic E-state index is 3.96. The van der Waals surface area contributed by atoms with Crippen LogP contribution in [0, 0.1) is 17.8 Å². The summed E-state index contributed by atoms with van der Waals surface area (Å²) in [7, 11) is 0. The Kier molecular flexibility index (Phi) is 4.90. The van der Waals surface area contributed by atoms with Crippen molar-refractivity contribution >= 4 is 0 Å². The van der Waals surface area contributed by atoms with Gasteiger partial charge in [-0.2, -0.15) is 0 Å². The third-order valence-corrected chi connectivity index (χ3v) is 5.23. The molecule has 0 aromatic rings. The minimum Gasteiger partial charge on any atom is -0.311 e. The Hall–Kier alpha value is -0.0400. The first-order valence-electron chi connectivity index (χ1n) is 7.96. The zero-order valence-corrected chi connectivity index (χ0v) is 12.0. The van der Waals surface area contributed by atoms with E-state index in [-0.39, 0.29) is 0 Å². The van der Waals surface area contributed by atoms with Gasteiger partial charge in [-0.3, -0.25) is 0 Å². The van der Waals surface area contributed by atoms with Crippen LogP contribution in [0.4, 0.5) is 0 Å². The Labute approximate surface area is 108 Å². The molecule has 2 rings (SSSR count). The maximum Gasteiger partial charge on any atom is 0.00952 e. The van der Waals surface area contributed by atoms with E-state index in [2.05, 4.69) is 26.1 Å². The van der Waals surface area contributed by atoms with Crippen molar-refractivity contribution in [2.45, 2.75) is 84.2 Å². The lowest BCUT2D eigenvalue weighted by Crippen LogP contribution is -2.50. The maximum atomic E-state index is 3.96. The van der Waals surface area contributed by atoms with Crippen molar-refractivity contribution in [2.24, 2.45) is 17.8 Å². The molecule has 0 aliphatic heterocycles. The molecule has 0 bridgehead atoms. The summed E-state index contributed by atoms with van der Waals surface area (Å²) in [6.45, 7) is 7.11. The quantitative estimate of drug-likeness (QED) is 0.748. The van der Waals surface area contributed by atoms with Crippen molar-refractivity contribution in [3.63, 3.8) is 0 Å². The predicted octanol–water partition coefficient (Wildman–Crippen LogP) is 4.37. The van der Waals surface area contributed by atoms with E-state index in [0.29, 0.717) is 0 Å². The Morgan fingerprint density at radius 3 is 2.18 bits per heavy atom. The fourth-order valence-corrected chi connectivity index (χ4v) is 3.77. The van der Waals surface area contributed by atoms with E-state index in [1.54, 1.807) is 0 Å². The first kappa shape index (κ1) is 13.4. The number of hydrogen-bond acceptors (Lipinski definition) is 1. The van der Waals surface area contributed by atoms with Crippen LogP contribution in [0.25, 0.3) is 0 Å². The standard InChI is InChI=1S/C16H31N/c1-4-16(13-8-6-5-7-9-13)17-15-10-14(11-15)12(2)3/h12-17H,4-11H2,1-3H3. The van der Waals surface area contributed by atoms with Crippen LogP contribution in [0.3, 0.4) is 0 Å². The van der Waals surface area contributed by atoms with Crippen LogP contribution in [-0.2, 0) is 0 Å². The van der Waals surface area contributed by atoms with Gasteiger partial charge in [0.2, 0.25) is 0 Å². The molecule has 1 heteroatoms. The molecule has 1 N–H and O–H groups in total. The highest BCUT2D eigenvalue weighted by Gasteiger charge is 2.33. The van der Waals surface area contributed by atoms with E-state index in [4.69, 9.17) is 0 Å². The van der Waals surface area contributed by atoms with Gasteiger partial charge in [0.05, 0.1) is 0 Å². The van der Waals surface area contributed by atoms with Gasteiger partial charge in [-0.1, -0.05) is 40.0 Å². The van der Waals surface area contributed by atoms with Gasteiger partial charge in [-0.25, -0.2) is 0 Å². The second-order valence-electron chi connectivity index (χ2n) is 6.75. The normalized spacial score (nSPS) is 32.5. The summed E-state index contributed by atoms with van der Waals surface area (Å²) in [5, 5.41) is 3.96. The van der Waals surface area contributed by atoms with Gasteiger partial charge < -0.3 is 5.32 Å². The summed E-state index contributed by atoms with van der Waals surface area (Å²) in [4.78, 5) is 0. The summed E-state index contributed by atoms with van der Waals surface area (Å²) in [5.41, 5.74) is 0. The Balaban J connectivity index is 1.72. The molecule has 2 aliphatic carbocycles. The first-order valence-corrected chi connectivity index (χ1v) is 7.96. The number of rotatable bonds is 5. The zero-order valence-electron chi connectivity index (χ0n) is 12.0. The van der Waals surface area contributed by atoms with Gasteiger partial charge in [-0.15, -0.1) is 0 Å². The highest BCUT2D eigenvalue weighted by atomic mass is 15.0. The monoisotopic (exact) mass is 237 g/mol. The van der Waals surface area contributed by atoms with Crippen molar-refractivity contribution < 1.29 is 0 Å². The van der Waals surface area contributed by atoms with Crippen LogP contribution in [0.15, 0.2) is 0 Å². The van der Waals surface area contributed by atoms with Crippen LogP contribution in [0.5, 0.6) is 0 Å². The lowest BCUT2D eigenvalue weighted by Gasteiger charge is -2.42. The van der Waals surface area contributed by atoms with Crippen molar-refractivity contribution in [3.8, 4) is 0 Å². The van der Waals surface area contributed by atoms with Crippen LogP contribution in [-0.4, -0.2) is 12.1 Å². The molecule has 0 heterocycles. The third kappa shape index (κ3) is 3.47. The van der Waals surface area contributed by atoms with Gasteiger partial charge in [0.15, 0.2) is 0 Å². The number of hydrogen-bond donors (Lipinski definition) is 1. The molecule has 1 unspecified atom stereocenters. The molecule has 0 aromatic heterocycles. The molecule has 0 radical (unpaired) electrons. The summed E-state index contributed by atoms with van der Waals surface area (Å²) in [5.74, 6) is 2.87.